The van der Waals surface area contributed by atoms with Crippen molar-refractivity contribution in [2.24, 2.45) is 0 Å². The zero-order chi connectivity index (χ0) is 21.2. The fourth-order valence-electron chi connectivity index (χ4n) is 2.69. The third-order valence-corrected chi connectivity index (χ3v) is 4.58. The Morgan fingerprint density at radius 2 is 1.86 bits per heavy atom. The van der Waals surface area contributed by atoms with E-state index in [9.17, 15) is 22.8 Å². The van der Waals surface area contributed by atoms with E-state index in [1.807, 2.05) is 12.1 Å². The molecule has 1 aromatic heterocycles. The largest absolute Gasteiger partial charge is 0.416 e. The second-order valence-electron chi connectivity index (χ2n) is 6.27. The number of rotatable bonds is 4. The SMILES string of the molecule is Cc1cc(=O)c(C(=O)NCc2cccc(Br)c2)nn1-c1cccc(C(F)(F)F)c1. The van der Waals surface area contributed by atoms with Gasteiger partial charge in [0.2, 0.25) is 5.43 Å². The maximum Gasteiger partial charge on any atom is 0.416 e. The van der Waals surface area contributed by atoms with Crippen LogP contribution in [0, 0.1) is 6.92 Å². The van der Waals surface area contributed by atoms with Crippen LogP contribution in [-0.4, -0.2) is 15.7 Å². The Hall–Kier alpha value is -2.94. The first-order chi connectivity index (χ1) is 13.6. The van der Waals surface area contributed by atoms with E-state index in [0.29, 0.717) is 5.69 Å². The highest BCUT2D eigenvalue weighted by Gasteiger charge is 2.30. The number of aromatic nitrogens is 2. The maximum absolute atomic E-state index is 13.0. The molecule has 29 heavy (non-hydrogen) atoms. The smallest absolute Gasteiger partial charge is 0.346 e. The fourth-order valence-corrected chi connectivity index (χ4v) is 3.14. The highest BCUT2D eigenvalue weighted by molar-refractivity contribution is 9.10. The zero-order valence-electron chi connectivity index (χ0n) is 15.1. The molecular formula is C20H15BrF3N3O2. The van der Waals surface area contributed by atoms with Gasteiger partial charge in [-0.25, -0.2) is 4.68 Å². The number of halogens is 4. The van der Waals surface area contributed by atoms with E-state index in [2.05, 4.69) is 26.3 Å². The summed E-state index contributed by atoms with van der Waals surface area (Å²) in [6.07, 6.45) is -4.52. The molecule has 0 atom stereocenters. The number of hydrogen-bond donors (Lipinski definition) is 1. The van der Waals surface area contributed by atoms with Crippen molar-refractivity contribution in [3.05, 3.63) is 91.8 Å². The normalized spacial score (nSPS) is 11.3. The van der Waals surface area contributed by atoms with E-state index in [1.54, 1.807) is 12.1 Å². The number of carbonyl (C=O) groups excluding carboxylic acids is 1. The van der Waals surface area contributed by atoms with Gasteiger partial charge in [-0.1, -0.05) is 34.1 Å². The molecule has 2 aromatic carbocycles. The van der Waals surface area contributed by atoms with Gasteiger partial charge in [0.05, 0.1) is 11.3 Å². The van der Waals surface area contributed by atoms with Gasteiger partial charge >= 0.3 is 6.18 Å². The third-order valence-electron chi connectivity index (χ3n) is 4.08. The first-order valence-electron chi connectivity index (χ1n) is 8.46. The molecule has 0 saturated heterocycles. The van der Waals surface area contributed by atoms with Crippen LogP contribution in [0.1, 0.15) is 27.3 Å². The minimum Gasteiger partial charge on any atom is -0.346 e. The van der Waals surface area contributed by atoms with Crippen LogP contribution < -0.4 is 10.7 Å². The second kappa shape index (κ2) is 8.20. The molecule has 0 spiro atoms. The molecule has 3 aromatic rings. The molecular weight excluding hydrogens is 451 g/mol. The number of nitrogens with zero attached hydrogens (tertiary/aromatic N) is 2. The summed E-state index contributed by atoms with van der Waals surface area (Å²) in [6, 6.07) is 12.9. The minimum absolute atomic E-state index is 0.0957. The van der Waals surface area contributed by atoms with Crippen LogP contribution in [0.3, 0.4) is 0 Å². The van der Waals surface area contributed by atoms with Crippen LogP contribution in [0.25, 0.3) is 5.69 Å². The van der Waals surface area contributed by atoms with E-state index in [0.717, 1.165) is 26.9 Å². The van der Waals surface area contributed by atoms with E-state index in [4.69, 9.17) is 0 Å². The third kappa shape index (κ3) is 4.92. The summed E-state index contributed by atoms with van der Waals surface area (Å²) in [5.41, 5.74) is -0.662. The Kier molecular flexibility index (Phi) is 5.88. The van der Waals surface area contributed by atoms with E-state index in [1.165, 1.54) is 25.1 Å². The summed E-state index contributed by atoms with van der Waals surface area (Å²) in [4.78, 5) is 24.7. The molecule has 5 nitrogen and oxygen atoms in total. The van der Waals surface area contributed by atoms with Crippen LogP contribution in [0.15, 0.2) is 63.9 Å². The van der Waals surface area contributed by atoms with Gasteiger partial charge in [-0.05, 0) is 42.8 Å². The molecule has 0 saturated carbocycles. The van der Waals surface area contributed by atoms with Crippen molar-refractivity contribution >= 4 is 21.8 Å². The summed E-state index contributed by atoms with van der Waals surface area (Å²) in [7, 11) is 0. The lowest BCUT2D eigenvalue weighted by Gasteiger charge is -2.13. The van der Waals surface area contributed by atoms with Crippen molar-refractivity contribution in [3.8, 4) is 5.69 Å². The Morgan fingerprint density at radius 3 is 2.55 bits per heavy atom. The number of carbonyl (C=O) groups is 1. The van der Waals surface area contributed by atoms with Crippen molar-refractivity contribution in [2.75, 3.05) is 0 Å². The van der Waals surface area contributed by atoms with E-state index in [-0.39, 0.29) is 12.2 Å². The molecule has 0 unspecified atom stereocenters. The molecule has 0 aliphatic heterocycles. The van der Waals surface area contributed by atoms with E-state index < -0.39 is 28.8 Å². The lowest BCUT2D eigenvalue weighted by atomic mass is 10.2. The average Bonchev–Trinajstić information content (AvgIpc) is 2.66. The topological polar surface area (TPSA) is 64.0 Å². The lowest BCUT2D eigenvalue weighted by molar-refractivity contribution is -0.137. The van der Waals surface area contributed by atoms with E-state index >= 15 is 0 Å². The molecule has 0 aliphatic carbocycles. The molecule has 0 radical (unpaired) electrons. The Balaban J connectivity index is 1.91. The van der Waals surface area contributed by atoms with Crippen LogP contribution in [0.5, 0.6) is 0 Å². The first kappa shape index (κ1) is 20.8. The molecule has 9 heteroatoms. The molecule has 0 fully saturated rings. The lowest BCUT2D eigenvalue weighted by Crippen LogP contribution is -2.31. The summed E-state index contributed by atoms with van der Waals surface area (Å²) < 4.78 is 41.0. The van der Waals surface area contributed by atoms with Gasteiger partial charge in [0.1, 0.15) is 0 Å². The highest BCUT2D eigenvalue weighted by Crippen LogP contribution is 2.30. The predicted molar refractivity (Wildman–Crippen MR) is 105 cm³/mol. The highest BCUT2D eigenvalue weighted by atomic mass is 79.9. The number of alkyl halides is 3. The Bertz CT molecular complexity index is 1130. The first-order valence-corrected chi connectivity index (χ1v) is 9.26. The Morgan fingerprint density at radius 1 is 1.14 bits per heavy atom. The van der Waals surface area contributed by atoms with Gasteiger partial charge in [-0.3, -0.25) is 9.59 Å². The van der Waals surface area contributed by atoms with Gasteiger partial charge in [0, 0.05) is 22.8 Å². The van der Waals surface area contributed by atoms with Gasteiger partial charge in [-0.2, -0.15) is 18.3 Å². The van der Waals surface area contributed by atoms with Gasteiger partial charge < -0.3 is 5.32 Å². The maximum atomic E-state index is 13.0. The second-order valence-corrected chi connectivity index (χ2v) is 7.19. The fraction of sp³-hybridized carbons (Fsp3) is 0.150. The summed E-state index contributed by atoms with van der Waals surface area (Å²) in [6.45, 7) is 1.69. The van der Waals surface area contributed by atoms with Crippen LogP contribution >= 0.6 is 15.9 Å². The van der Waals surface area contributed by atoms with Crippen molar-refractivity contribution in [2.45, 2.75) is 19.6 Å². The zero-order valence-corrected chi connectivity index (χ0v) is 16.7. The summed E-state index contributed by atoms with van der Waals surface area (Å²) in [5, 5.41) is 6.61. The molecule has 3 rings (SSSR count). The van der Waals surface area contributed by atoms with Crippen LogP contribution in [0.2, 0.25) is 0 Å². The molecule has 0 bridgehead atoms. The molecule has 1 heterocycles. The summed E-state index contributed by atoms with van der Waals surface area (Å²) >= 11 is 3.33. The molecule has 1 amide bonds. The van der Waals surface area contributed by atoms with Gasteiger partial charge in [0.15, 0.2) is 5.69 Å². The van der Waals surface area contributed by atoms with Gasteiger partial charge in [0.25, 0.3) is 5.91 Å². The number of aryl methyl sites for hydroxylation is 1. The molecule has 150 valence electrons. The molecule has 0 aliphatic rings. The average molecular weight is 466 g/mol. The summed E-state index contributed by atoms with van der Waals surface area (Å²) in [5.74, 6) is -0.712. The predicted octanol–water partition coefficient (Wildman–Crippen LogP) is 4.25. The van der Waals surface area contributed by atoms with Crippen LogP contribution in [0.4, 0.5) is 13.2 Å². The van der Waals surface area contributed by atoms with Crippen LogP contribution in [-0.2, 0) is 12.7 Å². The number of nitrogens with one attached hydrogen (secondary N) is 1. The molecule has 1 N–H and O–H groups in total. The monoisotopic (exact) mass is 465 g/mol. The van der Waals surface area contributed by atoms with Crippen molar-refractivity contribution in [1.29, 1.82) is 0 Å². The number of hydrogen-bond acceptors (Lipinski definition) is 3. The quantitative estimate of drug-likeness (QED) is 0.626. The van der Waals surface area contributed by atoms with Crippen molar-refractivity contribution in [1.82, 2.24) is 15.1 Å². The minimum atomic E-state index is -4.52. The Labute approximate surface area is 172 Å². The van der Waals surface area contributed by atoms with Crippen molar-refractivity contribution < 1.29 is 18.0 Å². The standard InChI is InChI=1S/C20H15BrF3N3O2/c1-12-8-17(28)18(19(29)25-11-13-4-2-6-15(21)9-13)26-27(12)16-7-3-5-14(10-16)20(22,23)24/h2-10H,11H2,1H3,(H,25,29). The van der Waals surface area contributed by atoms with Gasteiger partial charge in [-0.15, -0.1) is 0 Å². The number of amides is 1. The van der Waals surface area contributed by atoms with Crippen molar-refractivity contribution in [3.63, 3.8) is 0 Å². The number of benzene rings is 2.